The van der Waals surface area contributed by atoms with Gasteiger partial charge in [-0.2, -0.15) is 0 Å². The number of pyridine rings is 1. The number of hydrogen-bond acceptors (Lipinski definition) is 3. The van der Waals surface area contributed by atoms with Crippen LogP contribution in [0.4, 0.5) is 0 Å². The van der Waals surface area contributed by atoms with E-state index in [1.54, 1.807) is 13.1 Å². The number of benzene rings is 2. The second-order valence-corrected chi connectivity index (χ2v) is 7.61. The van der Waals surface area contributed by atoms with Gasteiger partial charge in [0.15, 0.2) is 0 Å². The molecule has 2 aliphatic rings. The number of rotatable bonds is 1. The molecule has 3 heterocycles. The molecule has 5 heteroatoms. The molecule has 1 saturated heterocycles. The molecule has 0 aliphatic carbocycles. The summed E-state index contributed by atoms with van der Waals surface area (Å²) >= 11 is 0. The van der Waals surface area contributed by atoms with Crippen LogP contribution in [0.3, 0.4) is 0 Å². The van der Waals surface area contributed by atoms with Gasteiger partial charge < -0.3 is 9.80 Å². The van der Waals surface area contributed by atoms with Crippen LogP contribution >= 0.6 is 0 Å². The van der Waals surface area contributed by atoms with Crippen LogP contribution in [-0.2, 0) is 11.3 Å². The van der Waals surface area contributed by atoms with Crippen LogP contribution in [0.1, 0.15) is 34.3 Å². The largest absolute Gasteiger partial charge is 0.340 e. The van der Waals surface area contributed by atoms with E-state index in [1.165, 1.54) is 11.1 Å². The minimum absolute atomic E-state index is 0.00164. The number of carbonyl (C=O) groups excluding carboxylic acids is 2. The fraction of sp³-hybridized carbons (Fsp3) is 0.261. The molecule has 0 spiro atoms. The first-order chi connectivity index (χ1) is 13.6. The van der Waals surface area contributed by atoms with Crippen LogP contribution in [0.2, 0.25) is 0 Å². The lowest BCUT2D eigenvalue weighted by Crippen LogP contribution is -2.47. The van der Waals surface area contributed by atoms with E-state index in [1.807, 2.05) is 52.3 Å². The van der Waals surface area contributed by atoms with Gasteiger partial charge in [-0.3, -0.25) is 14.6 Å². The van der Waals surface area contributed by atoms with E-state index in [-0.39, 0.29) is 23.8 Å². The van der Waals surface area contributed by atoms with Crippen molar-refractivity contribution in [2.24, 2.45) is 0 Å². The fourth-order valence-corrected chi connectivity index (χ4v) is 4.67. The third-order valence-corrected chi connectivity index (χ3v) is 6.07. The Balaban J connectivity index is 1.59. The lowest BCUT2D eigenvalue weighted by atomic mass is 9.85. The number of amides is 2. The van der Waals surface area contributed by atoms with Gasteiger partial charge in [-0.1, -0.05) is 36.4 Å². The van der Waals surface area contributed by atoms with Gasteiger partial charge in [0.25, 0.3) is 5.91 Å². The monoisotopic (exact) mass is 371 g/mol. The molecule has 3 aromatic rings. The zero-order chi connectivity index (χ0) is 19.3. The summed E-state index contributed by atoms with van der Waals surface area (Å²) in [5, 5.41) is 0.867. The summed E-state index contributed by atoms with van der Waals surface area (Å²) in [5.41, 5.74) is 3.92. The highest BCUT2D eigenvalue weighted by molar-refractivity contribution is 6.06. The molecule has 0 N–H and O–H groups in total. The first-order valence-electron chi connectivity index (χ1n) is 9.61. The molecule has 28 heavy (non-hydrogen) atoms. The van der Waals surface area contributed by atoms with Crippen molar-refractivity contribution >= 4 is 22.7 Å². The number of carbonyl (C=O) groups is 2. The lowest BCUT2D eigenvalue weighted by Gasteiger charge is -2.38. The average Bonchev–Trinajstić information content (AvgIpc) is 3.18. The van der Waals surface area contributed by atoms with E-state index in [9.17, 15) is 9.59 Å². The Morgan fingerprint density at radius 3 is 2.71 bits per heavy atom. The van der Waals surface area contributed by atoms with Crippen molar-refractivity contribution in [1.82, 2.24) is 14.8 Å². The Kier molecular flexibility index (Phi) is 3.90. The molecule has 5 rings (SSSR count). The summed E-state index contributed by atoms with van der Waals surface area (Å²) in [5.74, 6) is 0.230. The lowest BCUT2D eigenvalue weighted by molar-refractivity contribution is -0.128. The Hall–Kier alpha value is -3.21. The van der Waals surface area contributed by atoms with Crippen LogP contribution in [0.25, 0.3) is 10.9 Å². The van der Waals surface area contributed by atoms with Crippen LogP contribution in [0, 0.1) is 0 Å². The Morgan fingerprint density at radius 2 is 1.86 bits per heavy atom. The smallest absolute Gasteiger partial charge is 0.255 e. The molecule has 0 bridgehead atoms. The third kappa shape index (κ3) is 2.58. The molecule has 2 aliphatic heterocycles. The maximum absolute atomic E-state index is 13.6. The Bertz CT molecular complexity index is 1090. The van der Waals surface area contributed by atoms with Gasteiger partial charge in [0.2, 0.25) is 5.91 Å². The van der Waals surface area contributed by atoms with Crippen molar-refractivity contribution in [3.63, 3.8) is 0 Å². The van der Waals surface area contributed by atoms with Crippen LogP contribution in [0.5, 0.6) is 0 Å². The normalized spacial score (nSPS) is 20.8. The molecule has 1 fully saturated rings. The first kappa shape index (κ1) is 16.9. The molecular weight excluding hydrogens is 350 g/mol. The number of nitrogens with zero attached hydrogens (tertiary/aromatic N) is 3. The number of aromatic nitrogens is 1. The van der Waals surface area contributed by atoms with Gasteiger partial charge >= 0.3 is 0 Å². The standard InChI is InChI=1S/C23H21N3O2/c1-15(27)25-13-20-17-7-3-2-6-16(17)12-26(22(20)14-25)23(28)19-8-4-10-21-18(19)9-5-11-24-21/h2-11,20,22H,12-14H2,1H3/t20-,22-/m0/s1. The molecule has 0 saturated carbocycles. The van der Waals surface area contributed by atoms with Crippen molar-refractivity contribution < 1.29 is 9.59 Å². The molecular formula is C23H21N3O2. The van der Waals surface area contributed by atoms with E-state index in [2.05, 4.69) is 17.1 Å². The zero-order valence-electron chi connectivity index (χ0n) is 15.7. The highest BCUT2D eigenvalue weighted by Crippen LogP contribution is 2.39. The maximum Gasteiger partial charge on any atom is 0.255 e. The molecule has 140 valence electrons. The third-order valence-electron chi connectivity index (χ3n) is 6.07. The highest BCUT2D eigenvalue weighted by atomic mass is 16.2. The summed E-state index contributed by atoms with van der Waals surface area (Å²) in [6.07, 6.45) is 1.74. The van der Waals surface area contributed by atoms with Crippen molar-refractivity contribution in [3.05, 3.63) is 77.5 Å². The Morgan fingerprint density at radius 1 is 1.00 bits per heavy atom. The number of hydrogen-bond donors (Lipinski definition) is 0. The minimum Gasteiger partial charge on any atom is -0.340 e. The van der Waals surface area contributed by atoms with Gasteiger partial charge in [0.05, 0.1) is 11.6 Å². The summed E-state index contributed by atoms with van der Waals surface area (Å²) in [6, 6.07) is 17.8. The van der Waals surface area contributed by atoms with Crippen molar-refractivity contribution in [3.8, 4) is 0 Å². The molecule has 2 aromatic carbocycles. The van der Waals surface area contributed by atoms with E-state index in [0.717, 1.165) is 10.9 Å². The minimum atomic E-state index is -0.00164. The Labute approximate surface area is 163 Å². The van der Waals surface area contributed by atoms with Crippen LogP contribution < -0.4 is 0 Å². The maximum atomic E-state index is 13.6. The predicted molar refractivity (Wildman–Crippen MR) is 107 cm³/mol. The van der Waals surface area contributed by atoms with E-state index in [0.29, 0.717) is 25.2 Å². The summed E-state index contributed by atoms with van der Waals surface area (Å²) in [4.78, 5) is 33.9. The van der Waals surface area contributed by atoms with Gasteiger partial charge in [0, 0.05) is 49.6 Å². The van der Waals surface area contributed by atoms with Gasteiger partial charge in [-0.25, -0.2) is 0 Å². The molecule has 1 aromatic heterocycles. The van der Waals surface area contributed by atoms with Crippen LogP contribution in [0.15, 0.2) is 60.8 Å². The van der Waals surface area contributed by atoms with E-state index >= 15 is 0 Å². The SMILES string of the molecule is CC(=O)N1C[C@H]2c3ccccc3CN(C(=O)c3cccc4ncccc34)[C@H]2C1. The quantitative estimate of drug-likeness (QED) is 0.660. The van der Waals surface area contributed by atoms with Crippen molar-refractivity contribution in [2.45, 2.75) is 25.4 Å². The summed E-state index contributed by atoms with van der Waals surface area (Å²) in [7, 11) is 0. The molecule has 0 radical (unpaired) electrons. The van der Waals surface area contributed by atoms with Crippen LogP contribution in [-0.4, -0.2) is 45.7 Å². The molecule has 0 unspecified atom stereocenters. The highest BCUT2D eigenvalue weighted by Gasteiger charge is 2.44. The zero-order valence-corrected chi connectivity index (χ0v) is 15.7. The second kappa shape index (κ2) is 6.44. The summed E-state index contributed by atoms with van der Waals surface area (Å²) in [6.45, 7) is 3.42. The second-order valence-electron chi connectivity index (χ2n) is 7.61. The average molecular weight is 371 g/mol. The first-order valence-corrected chi connectivity index (χ1v) is 9.61. The van der Waals surface area contributed by atoms with Gasteiger partial charge in [-0.05, 0) is 29.3 Å². The summed E-state index contributed by atoms with van der Waals surface area (Å²) < 4.78 is 0. The van der Waals surface area contributed by atoms with Gasteiger partial charge in [0.1, 0.15) is 0 Å². The fourth-order valence-electron chi connectivity index (χ4n) is 4.67. The number of likely N-dealkylation sites (tertiary alicyclic amines) is 1. The van der Waals surface area contributed by atoms with E-state index in [4.69, 9.17) is 0 Å². The number of fused-ring (bicyclic) bond motifs is 4. The molecule has 2 atom stereocenters. The molecule has 2 amide bonds. The van der Waals surface area contributed by atoms with Crippen molar-refractivity contribution in [1.29, 1.82) is 0 Å². The molecule has 5 nitrogen and oxygen atoms in total. The predicted octanol–water partition coefficient (Wildman–Crippen LogP) is 3.21. The van der Waals surface area contributed by atoms with Gasteiger partial charge in [-0.15, -0.1) is 0 Å². The van der Waals surface area contributed by atoms with E-state index < -0.39 is 0 Å². The topological polar surface area (TPSA) is 53.5 Å². The van der Waals surface area contributed by atoms with Crippen molar-refractivity contribution in [2.75, 3.05) is 13.1 Å².